The van der Waals surface area contributed by atoms with E-state index >= 15 is 0 Å². The molecule has 1 rings (SSSR count). The van der Waals surface area contributed by atoms with Crippen LogP contribution in [-0.4, -0.2) is 23.9 Å². The second-order valence-corrected chi connectivity index (χ2v) is 7.44. The molecule has 0 aliphatic heterocycles. The lowest BCUT2D eigenvalue weighted by Crippen LogP contribution is -2.44. The van der Waals surface area contributed by atoms with Gasteiger partial charge in [0.1, 0.15) is 0 Å². The molecule has 0 aromatic rings. The van der Waals surface area contributed by atoms with Gasteiger partial charge in [0.05, 0.1) is 0 Å². The van der Waals surface area contributed by atoms with Crippen molar-refractivity contribution in [2.24, 2.45) is 16.7 Å². The Morgan fingerprint density at radius 2 is 1.62 bits per heavy atom. The van der Waals surface area contributed by atoms with E-state index in [-0.39, 0.29) is 10.8 Å². The maximum atomic E-state index is 12.3. The molecule has 0 N–H and O–H groups in total. The summed E-state index contributed by atoms with van der Waals surface area (Å²) in [4.78, 5) is 14.4. The highest BCUT2D eigenvalue weighted by Gasteiger charge is 2.33. The predicted molar refractivity (Wildman–Crippen MR) is 68.2 cm³/mol. The highest BCUT2D eigenvalue weighted by molar-refractivity contribution is 5.81. The molecule has 0 aromatic carbocycles. The van der Waals surface area contributed by atoms with Crippen LogP contribution in [0.15, 0.2) is 0 Å². The van der Waals surface area contributed by atoms with Crippen molar-refractivity contribution in [3.63, 3.8) is 0 Å². The molecular formula is C14H27NO. The normalized spacial score (nSPS) is 17.4. The Bertz CT molecular complexity index is 253. The smallest absolute Gasteiger partial charge is 0.227 e. The van der Waals surface area contributed by atoms with Gasteiger partial charge in [-0.2, -0.15) is 0 Å². The molecule has 94 valence electrons. The molecule has 1 fully saturated rings. The molecule has 1 amide bonds. The predicted octanol–water partition coefficient (Wildman–Crippen LogP) is 3.32. The summed E-state index contributed by atoms with van der Waals surface area (Å²) in [7, 11) is 0. The highest BCUT2D eigenvalue weighted by atomic mass is 16.2. The largest absolute Gasteiger partial charge is 0.341 e. The van der Waals surface area contributed by atoms with Crippen molar-refractivity contribution in [3.8, 4) is 0 Å². The third-order valence-corrected chi connectivity index (χ3v) is 2.77. The minimum atomic E-state index is -0.250. The number of hydrogen-bond donors (Lipinski definition) is 0. The fourth-order valence-corrected chi connectivity index (χ4v) is 1.88. The number of carbonyl (C=O) groups is 1. The van der Waals surface area contributed by atoms with E-state index in [0.29, 0.717) is 5.91 Å². The lowest BCUT2D eigenvalue weighted by Gasteiger charge is -2.34. The minimum absolute atomic E-state index is 0.190. The minimum Gasteiger partial charge on any atom is -0.341 e. The summed E-state index contributed by atoms with van der Waals surface area (Å²) in [6.07, 6.45) is 2.61. The van der Waals surface area contributed by atoms with Gasteiger partial charge in [-0.1, -0.05) is 41.5 Å². The van der Waals surface area contributed by atoms with Crippen molar-refractivity contribution < 1.29 is 4.79 Å². The van der Waals surface area contributed by atoms with Crippen LogP contribution in [0.4, 0.5) is 0 Å². The van der Waals surface area contributed by atoms with Crippen molar-refractivity contribution >= 4 is 5.91 Å². The van der Waals surface area contributed by atoms with E-state index in [4.69, 9.17) is 0 Å². The molecule has 0 heterocycles. The fraction of sp³-hybridized carbons (Fsp3) is 0.929. The van der Waals surface area contributed by atoms with Gasteiger partial charge in [-0.25, -0.2) is 0 Å². The Labute approximate surface area is 100 Å². The van der Waals surface area contributed by atoms with Gasteiger partial charge in [-0.15, -0.1) is 0 Å². The average Bonchev–Trinajstić information content (AvgIpc) is 2.81. The average molecular weight is 225 g/mol. The Kier molecular flexibility index (Phi) is 3.71. The van der Waals surface area contributed by atoms with Crippen molar-refractivity contribution in [3.05, 3.63) is 0 Å². The lowest BCUT2D eigenvalue weighted by molar-refractivity contribution is -0.141. The van der Waals surface area contributed by atoms with Gasteiger partial charge in [0.25, 0.3) is 0 Å². The van der Waals surface area contributed by atoms with Crippen LogP contribution < -0.4 is 0 Å². The molecule has 0 bridgehead atoms. The fourth-order valence-electron chi connectivity index (χ4n) is 1.88. The van der Waals surface area contributed by atoms with E-state index in [0.717, 1.165) is 19.0 Å². The molecule has 2 heteroatoms. The van der Waals surface area contributed by atoms with Crippen molar-refractivity contribution in [2.45, 2.75) is 54.4 Å². The van der Waals surface area contributed by atoms with Gasteiger partial charge in [-0.05, 0) is 24.2 Å². The molecule has 1 aliphatic rings. The summed E-state index contributed by atoms with van der Waals surface area (Å²) in [6.45, 7) is 14.5. The summed E-state index contributed by atoms with van der Waals surface area (Å²) in [5.41, 5.74) is -0.0596. The third-order valence-electron chi connectivity index (χ3n) is 2.77. The number of rotatable bonds is 3. The van der Waals surface area contributed by atoms with Crippen LogP contribution in [0.1, 0.15) is 54.4 Å². The summed E-state index contributed by atoms with van der Waals surface area (Å²) < 4.78 is 0. The first kappa shape index (κ1) is 13.5. The highest BCUT2D eigenvalue weighted by Crippen LogP contribution is 2.32. The number of amides is 1. The van der Waals surface area contributed by atoms with E-state index in [1.54, 1.807) is 0 Å². The Balaban J connectivity index is 2.66. The SMILES string of the molecule is CC(C)(C)CN(CC1CC1)C(=O)C(C)(C)C. The number of carbonyl (C=O) groups excluding carboxylic acids is 1. The van der Waals surface area contributed by atoms with Crippen LogP contribution in [-0.2, 0) is 4.79 Å². The summed E-state index contributed by atoms with van der Waals surface area (Å²) >= 11 is 0. The zero-order valence-electron chi connectivity index (χ0n) is 11.8. The molecule has 0 spiro atoms. The Hall–Kier alpha value is -0.530. The first-order valence-electron chi connectivity index (χ1n) is 6.39. The molecule has 16 heavy (non-hydrogen) atoms. The van der Waals surface area contributed by atoms with Crippen LogP contribution in [0.2, 0.25) is 0 Å². The van der Waals surface area contributed by atoms with E-state index in [1.807, 2.05) is 20.8 Å². The van der Waals surface area contributed by atoms with Gasteiger partial charge in [-0.3, -0.25) is 4.79 Å². The zero-order chi connectivity index (χ0) is 12.6. The van der Waals surface area contributed by atoms with Crippen molar-refractivity contribution in [1.82, 2.24) is 4.90 Å². The van der Waals surface area contributed by atoms with E-state index in [1.165, 1.54) is 12.8 Å². The lowest BCUT2D eigenvalue weighted by atomic mass is 9.91. The standard InChI is InChI=1S/C14H27NO/c1-13(2,3)10-15(9-11-7-8-11)12(16)14(4,5)6/h11H,7-10H2,1-6H3. The van der Waals surface area contributed by atoms with Crippen LogP contribution in [0.25, 0.3) is 0 Å². The van der Waals surface area contributed by atoms with Gasteiger partial charge < -0.3 is 4.90 Å². The van der Waals surface area contributed by atoms with Crippen LogP contribution in [0, 0.1) is 16.7 Å². The summed E-state index contributed by atoms with van der Waals surface area (Å²) in [5.74, 6) is 1.07. The molecule has 2 nitrogen and oxygen atoms in total. The molecule has 1 saturated carbocycles. The van der Waals surface area contributed by atoms with Gasteiger partial charge in [0.2, 0.25) is 5.91 Å². The van der Waals surface area contributed by atoms with Crippen molar-refractivity contribution in [1.29, 1.82) is 0 Å². The van der Waals surface area contributed by atoms with Crippen LogP contribution >= 0.6 is 0 Å². The van der Waals surface area contributed by atoms with Crippen molar-refractivity contribution in [2.75, 3.05) is 13.1 Å². The summed E-state index contributed by atoms with van der Waals surface area (Å²) in [5, 5.41) is 0. The maximum Gasteiger partial charge on any atom is 0.227 e. The van der Waals surface area contributed by atoms with Gasteiger partial charge in [0.15, 0.2) is 0 Å². The van der Waals surface area contributed by atoms with Gasteiger partial charge in [0, 0.05) is 18.5 Å². The summed E-state index contributed by atoms with van der Waals surface area (Å²) in [6, 6.07) is 0. The topological polar surface area (TPSA) is 20.3 Å². The Morgan fingerprint density at radius 3 is 1.94 bits per heavy atom. The molecule has 1 aliphatic carbocycles. The first-order chi connectivity index (χ1) is 7.09. The number of nitrogens with zero attached hydrogens (tertiary/aromatic N) is 1. The molecule has 0 radical (unpaired) electrons. The Morgan fingerprint density at radius 1 is 1.12 bits per heavy atom. The van der Waals surface area contributed by atoms with E-state index in [2.05, 4.69) is 25.7 Å². The van der Waals surface area contributed by atoms with Crippen LogP contribution in [0.5, 0.6) is 0 Å². The van der Waals surface area contributed by atoms with E-state index in [9.17, 15) is 4.79 Å². The molecule has 0 unspecified atom stereocenters. The molecule has 0 aromatic heterocycles. The maximum absolute atomic E-state index is 12.3. The van der Waals surface area contributed by atoms with Gasteiger partial charge >= 0.3 is 0 Å². The first-order valence-corrected chi connectivity index (χ1v) is 6.39. The third kappa shape index (κ3) is 4.54. The zero-order valence-corrected chi connectivity index (χ0v) is 11.8. The number of hydrogen-bond acceptors (Lipinski definition) is 1. The second-order valence-electron chi connectivity index (χ2n) is 7.44. The van der Waals surface area contributed by atoms with E-state index < -0.39 is 0 Å². The second kappa shape index (κ2) is 4.38. The van der Waals surface area contributed by atoms with Crippen LogP contribution in [0.3, 0.4) is 0 Å². The quantitative estimate of drug-likeness (QED) is 0.721. The molecule has 0 atom stereocenters. The monoisotopic (exact) mass is 225 g/mol. The molecular weight excluding hydrogens is 198 g/mol. The molecule has 0 saturated heterocycles.